The summed E-state index contributed by atoms with van der Waals surface area (Å²) in [4.78, 5) is 4.18. The maximum atomic E-state index is 13.0. The van der Waals surface area contributed by atoms with Crippen LogP contribution in [-0.2, 0) is 6.42 Å². The van der Waals surface area contributed by atoms with Gasteiger partial charge in [-0.1, -0.05) is 13.0 Å². The van der Waals surface area contributed by atoms with Gasteiger partial charge in [-0.3, -0.25) is 4.98 Å². The Morgan fingerprint density at radius 3 is 2.93 bits per heavy atom. The summed E-state index contributed by atoms with van der Waals surface area (Å²) in [7, 11) is 0. The molecule has 2 rings (SSSR count). The fourth-order valence-electron chi connectivity index (χ4n) is 1.69. The minimum absolute atomic E-state index is 0.118. The van der Waals surface area contributed by atoms with E-state index >= 15 is 0 Å². The lowest BCUT2D eigenvalue weighted by atomic mass is 9.95. The van der Waals surface area contributed by atoms with E-state index in [1.807, 2.05) is 25.1 Å². The number of alkyl halides is 1. The summed E-state index contributed by atoms with van der Waals surface area (Å²) in [5.41, 5.74) is 6.59. The van der Waals surface area contributed by atoms with Crippen molar-refractivity contribution >= 4 is 0 Å². The van der Waals surface area contributed by atoms with Crippen LogP contribution in [0.25, 0.3) is 0 Å². The van der Waals surface area contributed by atoms with Gasteiger partial charge >= 0.3 is 0 Å². The Morgan fingerprint density at radius 1 is 1.71 bits per heavy atom. The van der Waals surface area contributed by atoms with E-state index in [1.54, 1.807) is 6.20 Å². The first-order valence-corrected chi connectivity index (χ1v) is 4.92. The van der Waals surface area contributed by atoms with Gasteiger partial charge in [-0.2, -0.15) is 0 Å². The van der Waals surface area contributed by atoms with Crippen LogP contribution >= 0.6 is 0 Å². The van der Waals surface area contributed by atoms with E-state index in [2.05, 4.69) is 4.98 Å². The number of nitrogens with zero attached hydrogens (tertiary/aromatic N) is 1. The molecule has 0 aliphatic heterocycles. The summed E-state index contributed by atoms with van der Waals surface area (Å²) in [6, 6.07) is 5.61. The highest BCUT2D eigenvalue weighted by atomic mass is 19.1. The second-order valence-electron chi connectivity index (χ2n) is 4.31. The van der Waals surface area contributed by atoms with Crippen molar-refractivity contribution < 1.29 is 4.39 Å². The first-order valence-electron chi connectivity index (χ1n) is 4.92. The molecule has 1 saturated carbocycles. The van der Waals surface area contributed by atoms with Gasteiger partial charge in [0.25, 0.3) is 0 Å². The van der Waals surface area contributed by atoms with Gasteiger partial charge in [0, 0.05) is 29.8 Å². The zero-order valence-corrected chi connectivity index (χ0v) is 8.28. The van der Waals surface area contributed by atoms with Crippen molar-refractivity contribution in [3.8, 4) is 0 Å². The first-order chi connectivity index (χ1) is 6.63. The van der Waals surface area contributed by atoms with Gasteiger partial charge < -0.3 is 5.73 Å². The predicted octanol–water partition coefficient (Wildman–Crippen LogP) is 1.70. The summed E-state index contributed by atoms with van der Waals surface area (Å²) in [5.74, 6) is 0. The molecule has 2 nitrogen and oxygen atoms in total. The van der Waals surface area contributed by atoms with Crippen LogP contribution in [0, 0.1) is 5.41 Å². The largest absolute Gasteiger partial charge is 0.327 e. The lowest BCUT2D eigenvalue weighted by Gasteiger charge is -2.17. The van der Waals surface area contributed by atoms with E-state index in [-0.39, 0.29) is 11.5 Å². The molecule has 0 aromatic carbocycles. The number of pyridine rings is 1. The second kappa shape index (κ2) is 3.31. The molecule has 3 unspecified atom stereocenters. The SMILES string of the molecule is CC1(C(N)Cc2ccccn2)CC1F. The van der Waals surface area contributed by atoms with Crippen molar-refractivity contribution in [2.45, 2.75) is 32.0 Å². The maximum absolute atomic E-state index is 13.0. The van der Waals surface area contributed by atoms with E-state index in [4.69, 9.17) is 5.73 Å². The highest BCUT2D eigenvalue weighted by Gasteiger charge is 2.54. The molecule has 3 heteroatoms. The molecule has 1 aliphatic rings. The Hall–Kier alpha value is -0.960. The van der Waals surface area contributed by atoms with Gasteiger partial charge in [0.05, 0.1) is 0 Å². The third-order valence-corrected chi connectivity index (χ3v) is 3.18. The summed E-state index contributed by atoms with van der Waals surface area (Å²) in [6.45, 7) is 1.91. The Labute approximate surface area is 83.3 Å². The van der Waals surface area contributed by atoms with Crippen molar-refractivity contribution in [1.29, 1.82) is 0 Å². The summed E-state index contributed by atoms with van der Waals surface area (Å²) in [5, 5.41) is 0. The van der Waals surface area contributed by atoms with Crippen molar-refractivity contribution in [3.05, 3.63) is 30.1 Å². The average Bonchev–Trinajstić information content (AvgIpc) is 2.78. The molecular formula is C11H15FN2. The van der Waals surface area contributed by atoms with E-state index in [0.717, 1.165) is 5.69 Å². The molecule has 0 bridgehead atoms. The molecule has 3 atom stereocenters. The predicted molar refractivity (Wildman–Crippen MR) is 53.5 cm³/mol. The van der Waals surface area contributed by atoms with Crippen molar-refractivity contribution in [1.82, 2.24) is 4.98 Å². The molecular weight excluding hydrogens is 179 g/mol. The number of rotatable bonds is 3. The van der Waals surface area contributed by atoms with Gasteiger partial charge in [-0.15, -0.1) is 0 Å². The van der Waals surface area contributed by atoms with Gasteiger partial charge in [0.15, 0.2) is 0 Å². The lowest BCUT2D eigenvalue weighted by Crippen LogP contribution is -2.33. The van der Waals surface area contributed by atoms with Crippen molar-refractivity contribution in [3.63, 3.8) is 0 Å². The zero-order valence-electron chi connectivity index (χ0n) is 8.28. The molecule has 1 aromatic heterocycles. The van der Waals surface area contributed by atoms with E-state index in [9.17, 15) is 4.39 Å². The third kappa shape index (κ3) is 1.64. The Bertz CT molecular complexity index is 314. The fourth-order valence-corrected chi connectivity index (χ4v) is 1.69. The summed E-state index contributed by atoms with van der Waals surface area (Å²) in [6.07, 6.45) is 2.28. The van der Waals surface area contributed by atoms with Crippen LogP contribution in [0.1, 0.15) is 19.0 Å². The smallest absolute Gasteiger partial charge is 0.108 e. The fraction of sp³-hybridized carbons (Fsp3) is 0.545. The molecule has 0 spiro atoms. The Kier molecular flexibility index (Phi) is 2.27. The van der Waals surface area contributed by atoms with Gasteiger partial charge in [-0.25, -0.2) is 4.39 Å². The lowest BCUT2D eigenvalue weighted by molar-refractivity contribution is 0.325. The van der Waals surface area contributed by atoms with Crippen LogP contribution in [0.15, 0.2) is 24.4 Å². The second-order valence-corrected chi connectivity index (χ2v) is 4.31. The highest BCUT2D eigenvalue weighted by molar-refractivity contribution is 5.12. The number of halogens is 1. The molecule has 0 saturated heterocycles. The van der Waals surface area contributed by atoms with E-state index in [0.29, 0.717) is 12.8 Å². The van der Waals surface area contributed by atoms with Crippen LogP contribution in [0.3, 0.4) is 0 Å². The topological polar surface area (TPSA) is 38.9 Å². The molecule has 1 heterocycles. The van der Waals surface area contributed by atoms with Crippen LogP contribution < -0.4 is 5.73 Å². The molecule has 1 fully saturated rings. The van der Waals surface area contributed by atoms with E-state index in [1.165, 1.54) is 0 Å². The summed E-state index contributed by atoms with van der Waals surface area (Å²) < 4.78 is 13.0. The molecule has 76 valence electrons. The highest BCUT2D eigenvalue weighted by Crippen LogP contribution is 2.50. The van der Waals surface area contributed by atoms with Crippen LogP contribution in [0.5, 0.6) is 0 Å². The van der Waals surface area contributed by atoms with Gasteiger partial charge in [0.2, 0.25) is 0 Å². The molecule has 0 amide bonds. The summed E-state index contributed by atoms with van der Waals surface area (Å²) >= 11 is 0. The molecule has 1 aliphatic carbocycles. The zero-order chi connectivity index (χ0) is 10.2. The Balaban J connectivity index is 1.99. The molecule has 14 heavy (non-hydrogen) atoms. The van der Waals surface area contributed by atoms with Crippen LogP contribution in [-0.4, -0.2) is 17.2 Å². The maximum Gasteiger partial charge on any atom is 0.108 e. The third-order valence-electron chi connectivity index (χ3n) is 3.18. The Morgan fingerprint density at radius 2 is 2.43 bits per heavy atom. The van der Waals surface area contributed by atoms with Crippen LogP contribution in [0.2, 0.25) is 0 Å². The first kappa shape index (κ1) is 9.59. The number of nitrogens with two attached hydrogens (primary N) is 1. The molecule has 0 radical (unpaired) electrons. The van der Waals surface area contributed by atoms with Crippen molar-refractivity contribution in [2.75, 3.05) is 0 Å². The van der Waals surface area contributed by atoms with Crippen molar-refractivity contribution in [2.24, 2.45) is 11.1 Å². The normalized spacial score (nSPS) is 32.6. The molecule has 2 N–H and O–H groups in total. The minimum Gasteiger partial charge on any atom is -0.327 e. The van der Waals surface area contributed by atoms with E-state index < -0.39 is 6.17 Å². The standard InChI is InChI=1S/C11H15FN2/c1-11(7-9(11)12)10(13)6-8-4-2-3-5-14-8/h2-5,9-10H,6-7,13H2,1H3. The monoisotopic (exact) mass is 194 g/mol. The van der Waals surface area contributed by atoms with Gasteiger partial charge in [-0.05, 0) is 18.6 Å². The number of hydrogen-bond donors (Lipinski definition) is 1. The number of aromatic nitrogens is 1. The minimum atomic E-state index is -0.721. The average molecular weight is 194 g/mol. The molecule has 1 aromatic rings. The van der Waals surface area contributed by atoms with Crippen LogP contribution in [0.4, 0.5) is 4.39 Å². The van der Waals surface area contributed by atoms with Gasteiger partial charge in [0.1, 0.15) is 6.17 Å². The quantitative estimate of drug-likeness (QED) is 0.795. The number of hydrogen-bond acceptors (Lipinski definition) is 2.